The lowest BCUT2D eigenvalue weighted by Crippen LogP contribution is -2.47. The van der Waals surface area contributed by atoms with Gasteiger partial charge in [0.2, 0.25) is 0 Å². The lowest BCUT2D eigenvalue weighted by atomic mass is 9.74. The summed E-state index contributed by atoms with van der Waals surface area (Å²) in [5.74, 6) is 0.693. The summed E-state index contributed by atoms with van der Waals surface area (Å²) < 4.78 is 11.7. The Morgan fingerprint density at radius 1 is 1.10 bits per heavy atom. The van der Waals surface area contributed by atoms with Gasteiger partial charge in [0, 0.05) is 25.9 Å². The number of nitrogens with one attached hydrogen (secondary N) is 1. The third kappa shape index (κ3) is 2.63. The zero-order valence-electron chi connectivity index (χ0n) is 12.6. The third-order valence-corrected chi connectivity index (χ3v) is 5.56. The fourth-order valence-corrected chi connectivity index (χ4v) is 4.40. The summed E-state index contributed by atoms with van der Waals surface area (Å²) in [6.07, 6.45) is 5.65. The van der Waals surface area contributed by atoms with Crippen LogP contribution in [0.1, 0.15) is 42.9 Å². The van der Waals surface area contributed by atoms with E-state index in [2.05, 4.69) is 29.6 Å². The monoisotopic (exact) mass is 287 g/mol. The van der Waals surface area contributed by atoms with Crippen LogP contribution >= 0.6 is 0 Å². The molecule has 21 heavy (non-hydrogen) atoms. The predicted molar refractivity (Wildman–Crippen MR) is 82.3 cm³/mol. The molecule has 1 aromatic carbocycles. The summed E-state index contributed by atoms with van der Waals surface area (Å²) in [6.45, 7) is 3.74. The molecule has 0 saturated carbocycles. The maximum atomic E-state index is 6.21. The van der Waals surface area contributed by atoms with Gasteiger partial charge in [0.25, 0.3) is 0 Å². The van der Waals surface area contributed by atoms with Gasteiger partial charge in [-0.15, -0.1) is 0 Å². The number of hydrogen-bond donors (Lipinski definition) is 1. The van der Waals surface area contributed by atoms with Crippen molar-refractivity contribution in [1.29, 1.82) is 0 Å². The van der Waals surface area contributed by atoms with Crippen LogP contribution in [-0.4, -0.2) is 32.0 Å². The molecule has 2 fully saturated rings. The summed E-state index contributed by atoms with van der Waals surface area (Å²) in [5, 5.41) is 3.78. The molecule has 3 nitrogen and oxygen atoms in total. The van der Waals surface area contributed by atoms with Crippen molar-refractivity contribution >= 4 is 0 Å². The molecular weight excluding hydrogens is 262 g/mol. The van der Waals surface area contributed by atoms with Crippen LogP contribution in [0.5, 0.6) is 0 Å². The van der Waals surface area contributed by atoms with E-state index in [1.807, 2.05) is 0 Å². The van der Waals surface area contributed by atoms with E-state index in [-0.39, 0.29) is 5.60 Å². The minimum absolute atomic E-state index is 0.0925. The van der Waals surface area contributed by atoms with Gasteiger partial charge in [-0.25, -0.2) is 0 Å². The van der Waals surface area contributed by atoms with E-state index in [0.717, 1.165) is 45.6 Å². The highest BCUT2D eigenvalue weighted by molar-refractivity contribution is 5.33. The Bertz CT molecular complexity index is 490. The normalized spacial score (nSPS) is 31.8. The van der Waals surface area contributed by atoms with Crippen molar-refractivity contribution in [2.75, 3.05) is 26.4 Å². The zero-order valence-corrected chi connectivity index (χ0v) is 12.6. The highest BCUT2D eigenvalue weighted by atomic mass is 16.5. The summed E-state index contributed by atoms with van der Waals surface area (Å²) >= 11 is 0. The molecule has 3 aliphatic rings. The van der Waals surface area contributed by atoms with Crippen molar-refractivity contribution < 1.29 is 9.47 Å². The fraction of sp³-hybridized carbons (Fsp3) is 0.667. The molecule has 4 rings (SSSR count). The minimum atomic E-state index is 0.0925. The second-order valence-electron chi connectivity index (χ2n) is 6.78. The van der Waals surface area contributed by atoms with E-state index in [0.29, 0.717) is 12.0 Å². The second kappa shape index (κ2) is 5.71. The van der Waals surface area contributed by atoms with E-state index in [1.165, 1.54) is 24.0 Å². The molecule has 114 valence electrons. The smallest absolute Gasteiger partial charge is 0.0729 e. The number of ether oxygens (including phenoxy) is 2. The first-order valence-electron chi connectivity index (χ1n) is 8.39. The van der Waals surface area contributed by atoms with Crippen LogP contribution in [-0.2, 0) is 15.9 Å². The van der Waals surface area contributed by atoms with Gasteiger partial charge in [0.1, 0.15) is 0 Å². The molecule has 0 aromatic heterocycles. The molecule has 2 atom stereocenters. The van der Waals surface area contributed by atoms with Crippen LogP contribution in [0, 0.1) is 5.92 Å². The SMILES string of the molecule is c1ccc2c(c1)CCNC2C1CCOC2(CCOCC2)C1. The molecule has 0 aliphatic carbocycles. The fourth-order valence-electron chi connectivity index (χ4n) is 4.40. The maximum Gasteiger partial charge on any atom is 0.0729 e. The Kier molecular flexibility index (Phi) is 3.74. The molecule has 2 unspecified atom stereocenters. The lowest BCUT2D eigenvalue weighted by Gasteiger charge is -2.46. The largest absolute Gasteiger partial charge is 0.381 e. The van der Waals surface area contributed by atoms with Gasteiger partial charge in [0.05, 0.1) is 5.60 Å². The molecular formula is C18H25NO2. The van der Waals surface area contributed by atoms with Gasteiger partial charge in [-0.2, -0.15) is 0 Å². The van der Waals surface area contributed by atoms with Crippen molar-refractivity contribution in [3.8, 4) is 0 Å². The van der Waals surface area contributed by atoms with Crippen molar-refractivity contribution in [3.05, 3.63) is 35.4 Å². The average Bonchev–Trinajstić information content (AvgIpc) is 2.55. The van der Waals surface area contributed by atoms with Gasteiger partial charge >= 0.3 is 0 Å². The van der Waals surface area contributed by atoms with Crippen LogP contribution in [0.25, 0.3) is 0 Å². The summed E-state index contributed by atoms with van der Waals surface area (Å²) in [5.41, 5.74) is 3.15. The van der Waals surface area contributed by atoms with Crippen LogP contribution < -0.4 is 5.32 Å². The van der Waals surface area contributed by atoms with E-state index < -0.39 is 0 Å². The Morgan fingerprint density at radius 3 is 2.86 bits per heavy atom. The quantitative estimate of drug-likeness (QED) is 0.861. The Labute approximate surface area is 127 Å². The maximum absolute atomic E-state index is 6.21. The van der Waals surface area contributed by atoms with Gasteiger partial charge in [-0.1, -0.05) is 24.3 Å². The van der Waals surface area contributed by atoms with Crippen LogP contribution in [0.3, 0.4) is 0 Å². The topological polar surface area (TPSA) is 30.5 Å². The number of hydrogen-bond acceptors (Lipinski definition) is 3. The number of benzene rings is 1. The van der Waals surface area contributed by atoms with Gasteiger partial charge < -0.3 is 14.8 Å². The number of rotatable bonds is 1. The summed E-state index contributed by atoms with van der Waals surface area (Å²) in [7, 11) is 0. The summed E-state index contributed by atoms with van der Waals surface area (Å²) in [6, 6.07) is 9.48. The average molecular weight is 287 g/mol. The van der Waals surface area contributed by atoms with Crippen molar-refractivity contribution in [2.24, 2.45) is 5.92 Å². The molecule has 0 amide bonds. The Hall–Kier alpha value is -0.900. The standard InChI is InChI=1S/C18H25NO2/c1-2-4-16-14(3-1)5-9-19-17(16)15-6-10-21-18(13-15)7-11-20-12-8-18/h1-4,15,17,19H,5-13H2. The summed E-state index contributed by atoms with van der Waals surface area (Å²) in [4.78, 5) is 0. The molecule has 3 aliphatic heterocycles. The molecule has 3 heterocycles. The Morgan fingerprint density at radius 2 is 1.95 bits per heavy atom. The molecule has 2 saturated heterocycles. The molecule has 1 N–H and O–H groups in total. The Balaban J connectivity index is 1.56. The van der Waals surface area contributed by atoms with Crippen LogP contribution in [0.4, 0.5) is 0 Å². The van der Waals surface area contributed by atoms with Gasteiger partial charge in [0.15, 0.2) is 0 Å². The van der Waals surface area contributed by atoms with Gasteiger partial charge in [-0.05, 0) is 55.7 Å². The molecule has 3 heteroatoms. The lowest BCUT2D eigenvalue weighted by molar-refractivity contribution is -0.150. The minimum Gasteiger partial charge on any atom is -0.381 e. The van der Waals surface area contributed by atoms with Crippen molar-refractivity contribution in [1.82, 2.24) is 5.32 Å². The second-order valence-corrected chi connectivity index (χ2v) is 6.78. The van der Waals surface area contributed by atoms with Crippen LogP contribution in [0.2, 0.25) is 0 Å². The van der Waals surface area contributed by atoms with Crippen molar-refractivity contribution in [2.45, 2.75) is 43.7 Å². The molecule has 1 aromatic rings. The first kappa shape index (κ1) is 13.7. The highest BCUT2D eigenvalue weighted by Gasteiger charge is 2.42. The third-order valence-electron chi connectivity index (χ3n) is 5.56. The van der Waals surface area contributed by atoms with Crippen molar-refractivity contribution in [3.63, 3.8) is 0 Å². The molecule has 1 spiro atoms. The van der Waals surface area contributed by atoms with Crippen LogP contribution in [0.15, 0.2) is 24.3 Å². The van der Waals surface area contributed by atoms with E-state index in [1.54, 1.807) is 0 Å². The molecule has 0 bridgehead atoms. The first-order chi connectivity index (χ1) is 10.4. The molecule has 0 radical (unpaired) electrons. The predicted octanol–water partition coefficient (Wildman–Crippen LogP) is 2.85. The highest BCUT2D eigenvalue weighted by Crippen LogP contribution is 2.43. The van der Waals surface area contributed by atoms with Gasteiger partial charge in [-0.3, -0.25) is 0 Å². The van der Waals surface area contributed by atoms with E-state index >= 15 is 0 Å². The van der Waals surface area contributed by atoms with E-state index in [4.69, 9.17) is 9.47 Å². The van der Waals surface area contributed by atoms with E-state index in [9.17, 15) is 0 Å². The number of fused-ring (bicyclic) bond motifs is 1. The first-order valence-corrected chi connectivity index (χ1v) is 8.39. The zero-order chi connectivity index (χ0) is 14.1.